The molecule has 0 saturated carbocycles. The van der Waals surface area contributed by atoms with Crippen LogP contribution in [0.2, 0.25) is 0 Å². The van der Waals surface area contributed by atoms with Crippen molar-refractivity contribution in [2.24, 2.45) is 0 Å². The number of alkyl halides is 3. The van der Waals surface area contributed by atoms with Gasteiger partial charge in [0.2, 0.25) is 0 Å². The van der Waals surface area contributed by atoms with Crippen LogP contribution >= 0.6 is 0 Å². The summed E-state index contributed by atoms with van der Waals surface area (Å²) in [6.45, 7) is 0. The molecule has 0 bridgehead atoms. The van der Waals surface area contributed by atoms with Crippen molar-refractivity contribution in [3.63, 3.8) is 0 Å². The molecule has 0 spiro atoms. The number of pyridine rings is 1. The zero-order valence-corrected chi connectivity index (χ0v) is 10.6. The third-order valence-electron chi connectivity index (χ3n) is 3.53. The Morgan fingerprint density at radius 2 is 1.60 bits per heavy atom. The number of halogens is 3. The van der Waals surface area contributed by atoms with Gasteiger partial charge in [0.1, 0.15) is 11.3 Å². The molecular weight excluding hydrogens is 275 g/mol. The number of rotatable bonds is 1. The lowest BCUT2D eigenvalue weighted by Crippen LogP contribution is -2.28. The van der Waals surface area contributed by atoms with Crippen LogP contribution < -0.4 is 5.56 Å². The largest absolute Gasteiger partial charge is 0.477 e. The maximum Gasteiger partial charge on any atom is 0.431 e. The fraction of sp³-hybridized carbons (Fsp3) is 0.538. The van der Waals surface area contributed by atoms with Crippen molar-refractivity contribution in [3.05, 3.63) is 32.7 Å². The van der Waals surface area contributed by atoms with Crippen molar-refractivity contribution in [2.45, 2.75) is 44.7 Å². The van der Waals surface area contributed by atoms with Gasteiger partial charge in [0, 0.05) is 0 Å². The zero-order valence-electron chi connectivity index (χ0n) is 10.6. The van der Waals surface area contributed by atoms with Crippen LogP contribution in [0.1, 0.15) is 52.9 Å². The molecule has 2 rings (SSSR count). The maximum absolute atomic E-state index is 13.0. The summed E-state index contributed by atoms with van der Waals surface area (Å²) in [6, 6.07) is 0. The Labute approximate surface area is 112 Å². The van der Waals surface area contributed by atoms with Gasteiger partial charge >= 0.3 is 12.1 Å². The minimum Gasteiger partial charge on any atom is -0.477 e. The van der Waals surface area contributed by atoms with Crippen LogP contribution in [0.5, 0.6) is 0 Å². The molecule has 110 valence electrons. The number of hydrogen-bond acceptors (Lipinski definition) is 2. The van der Waals surface area contributed by atoms with E-state index in [1.54, 1.807) is 4.98 Å². The normalized spacial score (nSPS) is 16.1. The highest BCUT2D eigenvalue weighted by atomic mass is 19.4. The smallest absolute Gasteiger partial charge is 0.431 e. The van der Waals surface area contributed by atoms with Gasteiger partial charge in [0.15, 0.2) is 0 Å². The first kappa shape index (κ1) is 14.6. The van der Waals surface area contributed by atoms with Crippen LogP contribution in [0.15, 0.2) is 4.79 Å². The van der Waals surface area contributed by atoms with Crippen molar-refractivity contribution >= 4 is 5.97 Å². The monoisotopic (exact) mass is 289 g/mol. The SMILES string of the molecule is O=C(O)c1c2c(c(C(F)(F)F)[nH]c1=O)CCCCCC2. The van der Waals surface area contributed by atoms with Gasteiger partial charge < -0.3 is 10.1 Å². The summed E-state index contributed by atoms with van der Waals surface area (Å²) < 4.78 is 39.0. The summed E-state index contributed by atoms with van der Waals surface area (Å²) in [5, 5.41) is 9.08. The van der Waals surface area contributed by atoms with E-state index in [-0.39, 0.29) is 24.0 Å². The van der Waals surface area contributed by atoms with Gasteiger partial charge in [-0.3, -0.25) is 4.79 Å². The molecule has 1 aliphatic rings. The number of hydrogen-bond donors (Lipinski definition) is 2. The predicted octanol–water partition coefficient (Wildman–Crippen LogP) is 2.75. The van der Waals surface area contributed by atoms with E-state index in [0.29, 0.717) is 12.8 Å². The third-order valence-corrected chi connectivity index (χ3v) is 3.53. The molecule has 1 aromatic rings. The minimum atomic E-state index is -4.68. The second kappa shape index (κ2) is 5.30. The van der Waals surface area contributed by atoms with Gasteiger partial charge in [-0.25, -0.2) is 4.79 Å². The highest BCUT2D eigenvalue weighted by Gasteiger charge is 2.37. The molecule has 0 fully saturated rings. The van der Waals surface area contributed by atoms with Gasteiger partial charge in [-0.1, -0.05) is 12.8 Å². The number of aromatic carboxylic acids is 1. The molecule has 1 aromatic heterocycles. The van der Waals surface area contributed by atoms with Crippen molar-refractivity contribution in [2.75, 3.05) is 0 Å². The molecule has 0 aromatic carbocycles. The number of carboxylic acids is 1. The van der Waals surface area contributed by atoms with Gasteiger partial charge in [-0.05, 0) is 36.8 Å². The molecule has 0 atom stereocenters. The Bertz CT molecular complexity index is 590. The van der Waals surface area contributed by atoms with E-state index in [2.05, 4.69) is 0 Å². The summed E-state index contributed by atoms with van der Waals surface area (Å²) in [6.07, 6.45) is -1.56. The van der Waals surface area contributed by atoms with Crippen LogP contribution in [0.3, 0.4) is 0 Å². The van der Waals surface area contributed by atoms with E-state index in [9.17, 15) is 22.8 Å². The number of aromatic amines is 1. The van der Waals surface area contributed by atoms with Crippen molar-refractivity contribution < 1.29 is 23.1 Å². The standard InChI is InChI=1S/C13H14F3NO3/c14-13(15,16)10-8-6-4-2-1-3-5-7(8)9(12(19)20)11(18)17-10/h1-6H2,(H,17,18)(H,19,20). The van der Waals surface area contributed by atoms with Crippen molar-refractivity contribution in [1.82, 2.24) is 4.98 Å². The summed E-state index contributed by atoms with van der Waals surface area (Å²) in [4.78, 5) is 24.5. The molecule has 0 unspecified atom stereocenters. The van der Waals surface area contributed by atoms with Gasteiger partial charge in [-0.15, -0.1) is 0 Å². The Morgan fingerprint density at radius 3 is 2.10 bits per heavy atom. The minimum absolute atomic E-state index is 0.0493. The number of aromatic nitrogens is 1. The van der Waals surface area contributed by atoms with Crippen LogP contribution in [-0.4, -0.2) is 16.1 Å². The van der Waals surface area contributed by atoms with Crippen LogP contribution in [0, 0.1) is 0 Å². The molecule has 4 nitrogen and oxygen atoms in total. The third kappa shape index (κ3) is 2.71. The fourth-order valence-electron chi connectivity index (χ4n) is 2.67. The molecule has 1 heterocycles. The number of fused-ring (bicyclic) bond motifs is 1. The number of carboxylic acid groups (broad SMARTS) is 1. The summed E-state index contributed by atoms with van der Waals surface area (Å²) in [5.41, 5.74) is -2.83. The lowest BCUT2D eigenvalue weighted by molar-refractivity contribution is -0.142. The summed E-state index contributed by atoms with van der Waals surface area (Å²) in [5.74, 6) is -1.48. The van der Waals surface area contributed by atoms with E-state index in [1.165, 1.54) is 0 Å². The average molecular weight is 289 g/mol. The molecule has 0 amide bonds. The molecule has 2 N–H and O–H groups in total. The predicted molar refractivity (Wildman–Crippen MR) is 64.9 cm³/mol. The van der Waals surface area contributed by atoms with Gasteiger partial charge in [0.25, 0.3) is 5.56 Å². The van der Waals surface area contributed by atoms with Crippen molar-refractivity contribution in [3.8, 4) is 0 Å². The molecule has 0 radical (unpaired) electrons. The van der Waals surface area contributed by atoms with E-state index >= 15 is 0 Å². The number of nitrogens with one attached hydrogen (secondary N) is 1. The second-order valence-corrected chi connectivity index (χ2v) is 4.88. The highest BCUT2D eigenvalue weighted by molar-refractivity contribution is 5.89. The number of carbonyl (C=O) groups is 1. The summed E-state index contributed by atoms with van der Waals surface area (Å²) >= 11 is 0. The second-order valence-electron chi connectivity index (χ2n) is 4.88. The molecule has 20 heavy (non-hydrogen) atoms. The first-order valence-electron chi connectivity index (χ1n) is 6.41. The quantitative estimate of drug-likeness (QED) is 0.835. The lowest BCUT2D eigenvalue weighted by atomic mass is 9.89. The average Bonchev–Trinajstić information content (AvgIpc) is 2.28. The Morgan fingerprint density at radius 1 is 1.05 bits per heavy atom. The maximum atomic E-state index is 13.0. The van der Waals surface area contributed by atoms with Crippen molar-refractivity contribution in [1.29, 1.82) is 0 Å². The zero-order chi connectivity index (χ0) is 14.9. The van der Waals surface area contributed by atoms with E-state index in [4.69, 9.17) is 5.11 Å². The number of H-pyrrole nitrogens is 1. The summed E-state index contributed by atoms with van der Waals surface area (Å²) in [7, 11) is 0. The first-order chi connectivity index (χ1) is 9.32. The van der Waals surface area contributed by atoms with Gasteiger partial charge in [0.05, 0.1) is 0 Å². The first-order valence-corrected chi connectivity index (χ1v) is 6.41. The highest BCUT2D eigenvalue weighted by Crippen LogP contribution is 2.34. The molecule has 0 saturated heterocycles. The fourth-order valence-corrected chi connectivity index (χ4v) is 2.67. The van der Waals surface area contributed by atoms with E-state index in [0.717, 1.165) is 12.8 Å². The van der Waals surface area contributed by atoms with Crippen LogP contribution in [0.25, 0.3) is 0 Å². The van der Waals surface area contributed by atoms with Crippen LogP contribution in [-0.2, 0) is 19.0 Å². The van der Waals surface area contributed by atoms with E-state index in [1.807, 2.05) is 0 Å². The molecular formula is C13H14F3NO3. The Kier molecular flexibility index (Phi) is 3.87. The topological polar surface area (TPSA) is 70.2 Å². The molecule has 0 aliphatic heterocycles. The molecule has 7 heteroatoms. The van der Waals surface area contributed by atoms with E-state index < -0.39 is 29.0 Å². The Balaban J connectivity index is 2.74. The Hall–Kier alpha value is -1.79. The van der Waals surface area contributed by atoms with Crippen LogP contribution in [0.4, 0.5) is 13.2 Å². The van der Waals surface area contributed by atoms with Gasteiger partial charge in [-0.2, -0.15) is 13.2 Å². The lowest BCUT2D eigenvalue weighted by Gasteiger charge is -2.20. The molecule has 1 aliphatic carbocycles.